The summed E-state index contributed by atoms with van der Waals surface area (Å²) in [5, 5.41) is 3.47. The number of carbonyl (C=O) groups excluding carboxylic acids is 1. The monoisotopic (exact) mass is 402 g/mol. The molecule has 0 bridgehead atoms. The maximum Gasteiger partial charge on any atom is 0.249 e. The van der Waals surface area contributed by atoms with Gasteiger partial charge >= 0.3 is 0 Å². The van der Waals surface area contributed by atoms with Gasteiger partial charge in [0.15, 0.2) is 11.5 Å². The maximum atomic E-state index is 11.0. The molecule has 0 aliphatic carbocycles. The standard InChI is InChI=1S/C21H30N4O4/c1-15(21(23)26)13-25-20(12-22)29-18-4-3-17(11-19(18)27-2)14-24-8-5-16-6-9-28-10-7-16/h3-4,11-13,16,24H,1,5-10,14,22H2,2H3,(H2,23,26)/b20-12+,25-13-. The highest BCUT2D eigenvalue weighted by atomic mass is 16.5. The molecule has 1 fully saturated rings. The summed E-state index contributed by atoms with van der Waals surface area (Å²) in [6, 6.07) is 5.63. The second-order valence-corrected chi connectivity index (χ2v) is 6.76. The van der Waals surface area contributed by atoms with E-state index in [1.54, 1.807) is 13.2 Å². The number of hydrogen-bond acceptors (Lipinski definition) is 7. The number of carbonyl (C=O) groups is 1. The molecule has 8 nitrogen and oxygen atoms in total. The van der Waals surface area contributed by atoms with Crippen molar-refractivity contribution in [2.45, 2.75) is 25.8 Å². The number of rotatable bonds is 11. The largest absolute Gasteiger partial charge is 0.493 e. The van der Waals surface area contributed by atoms with Crippen LogP contribution in [-0.2, 0) is 16.1 Å². The zero-order valence-corrected chi connectivity index (χ0v) is 16.9. The molecule has 1 aliphatic rings. The Morgan fingerprint density at radius 1 is 1.38 bits per heavy atom. The fraction of sp³-hybridized carbons (Fsp3) is 0.429. The average molecular weight is 402 g/mol. The van der Waals surface area contributed by atoms with Gasteiger partial charge in [-0.1, -0.05) is 12.6 Å². The summed E-state index contributed by atoms with van der Waals surface area (Å²) in [4.78, 5) is 15.0. The van der Waals surface area contributed by atoms with Crippen molar-refractivity contribution in [1.29, 1.82) is 0 Å². The quantitative estimate of drug-likeness (QED) is 0.225. The molecule has 29 heavy (non-hydrogen) atoms. The van der Waals surface area contributed by atoms with Crippen LogP contribution in [0.4, 0.5) is 0 Å². The molecule has 0 radical (unpaired) electrons. The van der Waals surface area contributed by atoms with Crippen molar-refractivity contribution >= 4 is 12.1 Å². The Balaban J connectivity index is 1.89. The molecule has 0 unspecified atom stereocenters. The summed E-state index contributed by atoms with van der Waals surface area (Å²) < 4.78 is 16.5. The van der Waals surface area contributed by atoms with Crippen LogP contribution >= 0.6 is 0 Å². The van der Waals surface area contributed by atoms with Crippen LogP contribution in [0.2, 0.25) is 0 Å². The summed E-state index contributed by atoms with van der Waals surface area (Å²) in [7, 11) is 1.56. The number of benzene rings is 1. The minimum Gasteiger partial charge on any atom is -0.493 e. The number of hydrogen-bond donors (Lipinski definition) is 3. The van der Waals surface area contributed by atoms with Gasteiger partial charge in [0.2, 0.25) is 11.8 Å². The fourth-order valence-electron chi connectivity index (χ4n) is 2.90. The molecule has 1 aromatic carbocycles. The van der Waals surface area contributed by atoms with E-state index in [0.717, 1.165) is 57.0 Å². The van der Waals surface area contributed by atoms with Gasteiger partial charge in [0.05, 0.1) is 18.9 Å². The van der Waals surface area contributed by atoms with Crippen LogP contribution < -0.4 is 26.3 Å². The van der Waals surface area contributed by atoms with Gasteiger partial charge in [-0.3, -0.25) is 4.79 Å². The van der Waals surface area contributed by atoms with Gasteiger partial charge in [-0.15, -0.1) is 0 Å². The Morgan fingerprint density at radius 2 is 2.14 bits per heavy atom. The van der Waals surface area contributed by atoms with E-state index in [9.17, 15) is 4.79 Å². The summed E-state index contributed by atoms with van der Waals surface area (Å²) in [5.41, 5.74) is 11.8. The maximum absolute atomic E-state index is 11.0. The molecule has 1 aliphatic heterocycles. The SMILES string of the molecule is C=C(/C=N\C(=C/N)Oc1ccc(CNCCC2CCOCC2)cc1OC)C(N)=O. The summed E-state index contributed by atoms with van der Waals surface area (Å²) in [6.07, 6.45) is 5.82. The van der Waals surface area contributed by atoms with Crippen molar-refractivity contribution in [2.75, 3.05) is 26.9 Å². The van der Waals surface area contributed by atoms with E-state index >= 15 is 0 Å². The highest BCUT2D eigenvalue weighted by molar-refractivity contribution is 6.10. The number of primary amides is 1. The van der Waals surface area contributed by atoms with Gasteiger partial charge < -0.3 is 31.0 Å². The molecule has 0 spiro atoms. The first kappa shape index (κ1) is 22.4. The lowest BCUT2D eigenvalue weighted by Gasteiger charge is -2.22. The first-order valence-corrected chi connectivity index (χ1v) is 9.61. The lowest BCUT2D eigenvalue weighted by Crippen LogP contribution is -2.22. The van der Waals surface area contributed by atoms with E-state index in [-0.39, 0.29) is 11.5 Å². The molecule has 0 aromatic heterocycles. The average Bonchev–Trinajstić information content (AvgIpc) is 2.75. The van der Waals surface area contributed by atoms with E-state index in [4.69, 9.17) is 25.7 Å². The van der Waals surface area contributed by atoms with Gasteiger partial charge in [0, 0.05) is 26.0 Å². The number of methoxy groups -OCH3 is 1. The fourth-order valence-corrected chi connectivity index (χ4v) is 2.90. The molecular weight excluding hydrogens is 372 g/mol. The summed E-state index contributed by atoms with van der Waals surface area (Å²) in [5.74, 6) is 1.17. The molecule has 158 valence electrons. The molecule has 1 aromatic rings. The van der Waals surface area contributed by atoms with Gasteiger partial charge in [0.1, 0.15) is 0 Å². The van der Waals surface area contributed by atoms with E-state index in [1.807, 2.05) is 12.1 Å². The van der Waals surface area contributed by atoms with Crippen LogP contribution in [0.15, 0.2) is 47.4 Å². The van der Waals surface area contributed by atoms with Gasteiger partial charge in [-0.05, 0) is 49.4 Å². The molecule has 2 rings (SSSR count). The van der Waals surface area contributed by atoms with Gasteiger partial charge in [0.25, 0.3) is 0 Å². The third-order valence-electron chi connectivity index (χ3n) is 4.65. The summed E-state index contributed by atoms with van der Waals surface area (Å²) >= 11 is 0. The smallest absolute Gasteiger partial charge is 0.249 e. The number of amides is 1. The minimum absolute atomic E-state index is 0.0436. The molecule has 8 heteroatoms. The second kappa shape index (κ2) is 11.9. The molecule has 1 saturated heterocycles. The van der Waals surface area contributed by atoms with Crippen LogP contribution in [0.1, 0.15) is 24.8 Å². The number of nitrogens with one attached hydrogen (secondary N) is 1. The predicted molar refractivity (Wildman–Crippen MR) is 113 cm³/mol. The topological polar surface area (TPSA) is 121 Å². The molecule has 1 heterocycles. The van der Waals surface area contributed by atoms with Crippen molar-refractivity contribution in [3.63, 3.8) is 0 Å². The van der Waals surface area contributed by atoms with Crippen LogP contribution in [0.5, 0.6) is 11.5 Å². The normalized spacial score (nSPS) is 15.4. The number of ether oxygens (including phenoxy) is 3. The van der Waals surface area contributed by atoms with Crippen molar-refractivity contribution in [3.05, 3.63) is 48.0 Å². The van der Waals surface area contributed by atoms with Crippen molar-refractivity contribution in [3.8, 4) is 11.5 Å². The minimum atomic E-state index is -0.670. The Morgan fingerprint density at radius 3 is 2.79 bits per heavy atom. The van der Waals surface area contributed by atoms with Crippen LogP contribution in [0.25, 0.3) is 0 Å². The Kier molecular flexibility index (Phi) is 9.20. The van der Waals surface area contributed by atoms with E-state index in [2.05, 4.69) is 16.9 Å². The zero-order chi connectivity index (χ0) is 21.1. The second-order valence-electron chi connectivity index (χ2n) is 6.76. The van der Waals surface area contributed by atoms with Crippen LogP contribution in [-0.4, -0.2) is 39.0 Å². The van der Waals surface area contributed by atoms with E-state index in [0.29, 0.717) is 11.5 Å². The molecule has 5 N–H and O–H groups in total. The third-order valence-corrected chi connectivity index (χ3v) is 4.65. The van der Waals surface area contributed by atoms with Crippen molar-refractivity contribution in [1.82, 2.24) is 5.32 Å². The van der Waals surface area contributed by atoms with E-state index < -0.39 is 5.91 Å². The van der Waals surface area contributed by atoms with Crippen molar-refractivity contribution < 1.29 is 19.0 Å². The summed E-state index contributed by atoms with van der Waals surface area (Å²) in [6.45, 7) is 6.94. The molecule has 1 amide bonds. The highest BCUT2D eigenvalue weighted by Gasteiger charge is 2.13. The Bertz CT molecular complexity index is 755. The molecular formula is C21H30N4O4. The zero-order valence-electron chi connectivity index (χ0n) is 16.9. The van der Waals surface area contributed by atoms with Crippen LogP contribution in [0, 0.1) is 5.92 Å². The highest BCUT2D eigenvalue weighted by Crippen LogP contribution is 2.29. The first-order chi connectivity index (χ1) is 14.0. The number of nitrogens with two attached hydrogens (primary N) is 2. The van der Waals surface area contributed by atoms with Crippen molar-refractivity contribution in [2.24, 2.45) is 22.4 Å². The lowest BCUT2D eigenvalue weighted by molar-refractivity contribution is -0.114. The van der Waals surface area contributed by atoms with Gasteiger partial charge in [-0.25, -0.2) is 4.99 Å². The Labute approximate surface area is 171 Å². The number of aliphatic imine (C=N–C) groups is 1. The predicted octanol–water partition coefficient (Wildman–Crippen LogP) is 1.85. The van der Waals surface area contributed by atoms with Gasteiger partial charge in [-0.2, -0.15) is 0 Å². The van der Waals surface area contributed by atoms with Crippen LogP contribution in [0.3, 0.4) is 0 Å². The molecule has 0 saturated carbocycles. The third kappa shape index (κ3) is 7.59. The Hall–Kier alpha value is -2.84. The lowest BCUT2D eigenvalue weighted by atomic mass is 9.97. The van der Waals surface area contributed by atoms with E-state index in [1.165, 1.54) is 12.4 Å². The first-order valence-electron chi connectivity index (χ1n) is 9.61. The molecule has 0 atom stereocenters. The number of nitrogens with zero attached hydrogens (tertiary/aromatic N) is 1.